The smallest absolute Gasteiger partial charge is 0.341 e. The van der Waals surface area contributed by atoms with Gasteiger partial charge in [0, 0.05) is 11.1 Å². The molecule has 0 fully saturated rings. The first-order valence-electron chi connectivity index (χ1n) is 20.4. The van der Waals surface area contributed by atoms with Crippen molar-refractivity contribution >= 4 is 55.0 Å². The van der Waals surface area contributed by atoms with Crippen molar-refractivity contribution in [1.29, 1.82) is 0 Å². The molecule has 10 aromatic rings. The Bertz CT molecular complexity index is 3150. The summed E-state index contributed by atoms with van der Waals surface area (Å²) in [6.45, 7) is -1.14. The predicted molar refractivity (Wildman–Crippen MR) is 250 cm³/mol. The van der Waals surface area contributed by atoms with E-state index in [2.05, 4.69) is 133 Å². The molecule has 0 amide bonds. The minimum Gasteiger partial charge on any atom is -0.481 e. The zero-order valence-corrected chi connectivity index (χ0v) is 33.4. The Balaban J connectivity index is 1.16. The second-order valence-electron chi connectivity index (χ2n) is 15.3. The largest absolute Gasteiger partial charge is 0.481 e. The molecular weight excluding hydrogens is 769 g/mol. The van der Waals surface area contributed by atoms with Gasteiger partial charge in [0.25, 0.3) is 0 Å². The Morgan fingerprint density at radius 2 is 0.710 bits per heavy atom. The quantitative estimate of drug-likeness (QED) is 0.135. The molecular formula is C56H38O6. The van der Waals surface area contributed by atoms with E-state index in [0.29, 0.717) is 22.6 Å². The van der Waals surface area contributed by atoms with E-state index in [4.69, 9.17) is 9.47 Å². The molecule has 0 aliphatic carbocycles. The van der Waals surface area contributed by atoms with Gasteiger partial charge in [-0.05, 0) is 112 Å². The van der Waals surface area contributed by atoms with Crippen LogP contribution in [0.5, 0.6) is 11.5 Å². The lowest BCUT2D eigenvalue weighted by Crippen LogP contribution is -2.11. The van der Waals surface area contributed by atoms with Crippen LogP contribution in [-0.4, -0.2) is 35.4 Å². The van der Waals surface area contributed by atoms with Gasteiger partial charge in [-0.2, -0.15) is 0 Å². The monoisotopic (exact) mass is 806 g/mol. The molecule has 0 heterocycles. The number of rotatable bonds is 11. The molecule has 0 saturated heterocycles. The summed E-state index contributed by atoms with van der Waals surface area (Å²) in [6, 6.07) is 66.1. The van der Waals surface area contributed by atoms with E-state index in [1.807, 2.05) is 48.5 Å². The summed E-state index contributed by atoms with van der Waals surface area (Å²) in [4.78, 5) is 23.9. The molecule has 10 aromatic carbocycles. The van der Waals surface area contributed by atoms with Gasteiger partial charge in [-0.25, -0.2) is 9.59 Å². The summed E-state index contributed by atoms with van der Waals surface area (Å²) in [6.07, 6.45) is 0. The van der Waals surface area contributed by atoms with Crippen LogP contribution in [0.1, 0.15) is 0 Å². The highest BCUT2D eigenvalue weighted by molar-refractivity contribution is 6.12. The van der Waals surface area contributed by atoms with Crippen LogP contribution in [0.4, 0.5) is 0 Å². The van der Waals surface area contributed by atoms with E-state index >= 15 is 0 Å². The second-order valence-corrected chi connectivity index (χ2v) is 15.3. The van der Waals surface area contributed by atoms with Crippen molar-refractivity contribution in [3.63, 3.8) is 0 Å². The first-order valence-corrected chi connectivity index (χ1v) is 20.4. The zero-order valence-electron chi connectivity index (χ0n) is 33.4. The third-order valence-corrected chi connectivity index (χ3v) is 11.6. The van der Waals surface area contributed by atoms with Crippen LogP contribution in [0.2, 0.25) is 0 Å². The lowest BCUT2D eigenvalue weighted by Gasteiger charge is -2.20. The Morgan fingerprint density at radius 1 is 0.339 bits per heavy atom. The van der Waals surface area contributed by atoms with Crippen LogP contribution in [0.15, 0.2) is 194 Å². The fraction of sp³-hybridized carbons (Fsp3) is 0.0357. The van der Waals surface area contributed by atoms with Gasteiger partial charge >= 0.3 is 11.9 Å². The molecule has 0 spiro atoms. The number of ether oxygens (including phenoxy) is 2. The van der Waals surface area contributed by atoms with Crippen molar-refractivity contribution in [2.24, 2.45) is 0 Å². The summed E-state index contributed by atoms with van der Waals surface area (Å²) in [7, 11) is 0. The Labute approximate surface area is 357 Å². The standard InChI is InChI=1S/C56H38O6/c57-53(58)33-61-51-29-25-39-31-37(43-17-5-7-19-47(43)49-21-9-13-35-11-1-3-15-41(35)49)23-27-45(39)55(51)56-46-28-24-38(32-40(46)26-30-52(56)62-34-54(59)60)44-18-6-8-20-48(44)50-22-10-14-36-12-2-4-16-42(36)50/h1-32H,33-34H2,(H,57,58)(H,59,60). The maximum Gasteiger partial charge on any atom is 0.341 e. The van der Waals surface area contributed by atoms with E-state index in [1.54, 1.807) is 12.1 Å². The third-order valence-electron chi connectivity index (χ3n) is 11.6. The van der Waals surface area contributed by atoms with Gasteiger partial charge in [-0.15, -0.1) is 0 Å². The summed E-state index contributed by atoms with van der Waals surface area (Å²) in [5, 5.41) is 27.5. The number of hydrogen-bond donors (Lipinski definition) is 2. The summed E-state index contributed by atoms with van der Waals surface area (Å²) in [5.41, 5.74) is 9.79. The van der Waals surface area contributed by atoms with Crippen LogP contribution in [-0.2, 0) is 9.59 Å². The Morgan fingerprint density at radius 3 is 1.15 bits per heavy atom. The highest BCUT2D eigenvalue weighted by Crippen LogP contribution is 2.48. The van der Waals surface area contributed by atoms with Crippen molar-refractivity contribution in [1.82, 2.24) is 0 Å². The van der Waals surface area contributed by atoms with Crippen LogP contribution >= 0.6 is 0 Å². The van der Waals surface area contributed by atoms with Gasteiger partial charge in [0.1, 0.15) is 11.5 Å². The molecule has 0 aliphatic rings. The van der Waals surface area contributed by atoms with Crippen LogP contribution < -0.4 is 9.47 Å². The van der Waals surface area contributed by atoms with Gasteiger partial charge in [0.2, 0.25) is 0 Å². The van der Waals surface area contributed by atoms with E-state index in [-0.39, 0.29) is 0 Å². The van der Waals surface area contributed by atoms with Crippen molar-refractivity contribution < 1.29 is 29.3 Å². The van der Waals surface area contributed by atoms with E-state index in [9.17, 15) is 19.8 Å². The number of fused-ring (bicyclic) bond motifs is 4. The van der Waals surface area contributed by atoms with Crippen molar-refractivity contribution in [3.05, 3.63) is 194 Å². The molecule has 0 aromatic heterocycles. The number of carboxylic acid groups (broad SMARTS) is 2. The number of aliphatic carboxylic acids is 2. The highest BCUT2D eigenvalue weighted by atomic mass is 16.5. The van der Waals surface area contributed by atoms with E-state index in [1.165, 1.54) is 0 Å². The molecule has 2 N–H and O–H groups in total. The van der Waals surface area contributed by atoms with Gasteiger partial charge in [-0.3, -0.25) is 0 Å². The molecule has 6 nitrogen and oxygen atoms in total. The minimum atomic E-state index is -1.12. The van der Waals surface area contributed by atoms with Gasteiger partial charge in [0.15, 0.2) is 13.2 Å². The summed E-state index contributed by atoms with van der Waals surface area (Å²) in [5.74, 6) is -1.57. The average Bonchev–Trinajstić information content (AvgIpc) is 3.31. The number of carbonyl (C=O) groups is 2. The van der Waals surface area contributed by atoms with Crippen molar-refractivity contribution in [3.8, 4) is 67.1 Å². The molecule has 0 radical (unpaired) electrons. The molecule has 0 unspecified atom stereocenters. The topological polar surface area (TPSA) is 93.1 Å². The van der Waals surface area contributed by atoms with E-state index < -0.39 is 25.2 Å². The molecule has 0 aliphatic heterocycles. The fourth-order valence-corrected chi connectivity index (χ4v) is 8.85. The number of benzene rings is 10. The summed E-state index contributed by atoms with van der Waals surface area (Å²) < 4.78 is 12.1. The highest BCUT2D eigenvalue weighted by Gasteiger charge is 2.22. The third kappa shape index (κ3) is 7.03. The molecule has 298 valence electrons. The van der Waals surface area contributed by atoms with E-state index in [0.717, 1.165) is 87.6 Å². The lowest BCUT2D eigenvalue weighted by molar-refractivity contribution is -0.140. The van der Waals surface area contributed by atoms with Gasteiger partial charge < -0.3 is 19.7 Å². The Kier molecular flexibility index (Phi) is 9.87. The van der Waals surface area contributed by atoms with Gasteiger partial charge in [0.05, 0.1) is 0 Å². The molecule has 10 rings (SSSR count). The molecule has 0 bridgehead atoms. The van der Waals surface area contributed by atoms with Crippen LogP contribution in [0, 0.1) is 0 Å². The maximum atomic E-state index is 11.9. The molecule has 62 heavy (non-hydrogen) atoms. The van der Waals surface area contributed by atoms with Crippen LogP contribution in [0.25, 0.3) is 98.7 Å². The van der Waals surface area contributed by atoms with Crippen molar-refractivity contribution in [2.75, 3.05) is 13.2 Å². The SMILES string of the molecule is O=C(O)COc1ccc2cc(-c3ccccc3-c3cccc4ccccc34)ccc2c1-c1c(OCC(=O)O)ccc2cc(-c3ccccc3-c3cccc4ccccc34)ccc12. The number of carboxylic acids is 2. The maximum absolute atomic E-state index is 11.9. The van der Waals surface area contributed by atoms with Crippen LogP contribution in [0.3, 0.4) is 0 Å². The van der Waals surface area contributed by atoms with Crippen molar-refractivity contribution in [2.45, 2.75) is 0 Å². The van der Waals surface area contributed by atoms with Gasteiger partial charge in [-0.1, -0.05) is 170 Å². The first-order chi connectivity index (χ1) is 30.4. The first kappa shape index (κ1) is 38.0. The second kappa shape index (κ2) is 16.1. The number of hydrogen-bond acceptors (Lipinski definition) is 4. The fourth-order valence-electron chi connectivity index (χ4n) is 8.85. The zero-order chi connectivity index (χ0) is 42.2. The normalized spacial score (nSPS) is 11.3. The lowest BCUT2D eigenvalue weighted by atomic mass is 9.87. The summed E-state index contributed by atoms with van der Waals surface area (Å²) >= 11 is 0. The predicted octanol–water partition coefficient (Wildman–Crippen LogP) is 13.6. The molecule has 0 atom stereocenters. The Hall–Kier alpha value is -8.22. The average molecular weight is 807 g/mol. The molecule has 0 saturated carbocycles. The minimum absolute atomic E-state index is 0.335. The molecule has 6 heteroatoms.